The smallest absolute Gasteiger partial charge is 0.0839 e. The summed E-state index contributed by atoms with van der Waals surface area (Å²) in [6.07, 6.45) is 0. The maximum absolute atomic E-state index is 4.13. The average Bonchev–Trinajstić information content (AvgIpc) is 3.28. The largest absolute Gasteiger partial charge is 0.135 e. The molecule has 0 aromatic heterocycles. The lowest BCUT2D eigenvalue weighted by molar-refractivity contribution is 0.507. The SMILES string of the molecule is BrC1C(Br)(Br)C(Br)(Br)C(Br)(Br)C(Br)(Br)C(Br)(Br)C(Br)(Br)C(Br)(Br)C(Br)(Br)C(Br)(Br)C(Br)(Br)C(Br)(Br)C(Br)(Br)C(Br)(Br)C(Br)(Br)C(Br)(Br)C(Br)(Br)C(Br)(Br)C(Br)(Br)C(Br)(Br)C(Br)(Br)C(Br)(Br)C(Br)(Br)C(Br)(Br)C(Br)(Br)C(Br)(Br)C(Br)(Br)C(Br)(Br)C1(Br)Br. The van der Waals surface area contributed by atoms with Gasteiger partial charge < -0.3 is 0 Å². The predicted octanol–water partition coefficient (Wildman–Crippen LogP) is 42.4. The lowest BCUT2D eigenvalue weighted by Gasteiger charge is -2.63. The van der Waals surface area contributed by atoms with Gasteiger partial charge in [-0.1, -0.05) is 908 Å². The van der Waals surface area contributed by atoms with Crippen LogP contribution in [0.2, 0.25) is 0 Å². The normalized spacial score (nSPS) is 33.9. The number of alkyl halides is 57. The van der Waals surface area contributed by atoms with Crippen LogP contribution in [0.1, 0.15) is 0 Å². The second kappa shape index (κ2) is 35.4. The topological polar surface area (TPSA) is 0 Å². The van der Waals surface area contributed by atoms with E-state index >= 15 is 0 Å². The van der Waals surface area contributed by atoms with E-state index in [-0.39, 0.29) is 0 Å². The Labute approximate surface area is 976 Å². The van der Waals surface area contributed by atoms with Gasteiger partial charge in [0.25, 0.3) is 0 Å². The van der Waals surface area contributed by atoms with Crippen molar-refractivity contribution >= 4 is 908 Å². The molecule has 0 saturated heterocycles. The van der Waals surface area contributed by atoms with Crippen LogP contribution in [0, 0.1) is 0 Å². The summed E-state index contributed by atoms with van der Waals surface area (Å²) in [5.41, 5.74) is 0. The second-order valence-corrected chi connectivity index (χ2v) is 114. The Morgan fingerprint density at radius 1 is 0.0930 bits per heavy atom. The van der Waals surface area contributed by atoms with E-state index in [9.17, 15) is 0 Å². The second-order valence-electron chi connectivity index (χ2n) is 16.5. The summed E-state index contributed by atoms with van der Waals surface area (Å²) in [6.45, 7) is 0. The minimum atomic E-state index is -1.50. The highest BCUT2D eigenvalue weighted by Crippen LogP contribution is 2.88. The fraction of sp³-hybridized carbons (Fsp3) is 1.00. The standard InChI is InChI=1S/C29HBr57/c30-1-2(31,32)4(35,36)6(39,40)8(43,44)10(47,48)12(51,52)14(55,56)16(59,60)18(63,64)20(67,68)22(71,72)24(75,76)26(79,80)28(83,84)29(85,86)27(81,82)25(77,78)23(73,74)21(69,70)19(65,66)17(61,62)15(57,58)13(53,54)11(49,50)9(45,46)7(41,42)5(37,38)3(1,33)34/h1H. The van der Waals surface area contributed by atoms with Gasteiger partial charge in [-0.15, -0.1) is 0 Å². The van der Waals surface area contributed by atoms with Crippen molar-refractivity contribution < 1.29 is 0 Å². The molecule has 0 heterocycles. The quantitative estimate of drug-likeness (QED) is 0.212. The molecule has 0 aromatic carbocycles. The Hall–Kier alpha value is 27.4. The molecular formula is C29HBr57. The molecule has 0 N–H and O–H groups in total. The average molecular weight is 4900 g/mol. The van der Waals surface area contributed by atoms with E-state index in [4.69, 9.17) is 0 Å². The van der Waals surface area contributed by atoms with Crippen LogP contribution < -0.4 is 0 Å². The van der Waals surface area contributed by atoms with Gasteiger partial charge in [0.15, 0.2) is 0 Å². The van der Waals surface area contributed by atoms with Gasteiger partial charge in [0.1, 0.15) is 90.5 Å². The molecule has 86 heavy (non-hydrogen) atoms. The lowest BCUT2D eigenvalue weighted by atomic mass is 10.00. The third-order valence-electron chi connectivity index (χ3n) is 11.3. The molecule has 0 aliphatic heterocycles. The van der Waals surface area contributed by atoms with Crippen molar-refractivity contribution in [2.24, 2.45) is 0 Å². The third-order valence-corrected chi connectivity index (χ3v) is 139. The maximum atomic E-state index is 4.13. The van der Waals surface area contributed by atoms with Gasteiger partial charge in [0.05, 0.1) is 4.83 Å². The van der Waals surface area contributed by atoms with Gasteiger partial charge in [0.2, 0.25) is 0 Å². The molecule has 516 valence electrons. The Balaban J connectivity index is 5.24. The summed E-state index contributed by atoms with van der Waals surface area (Å²) >= 11 is 235. The van der Waals surface area contributed by atoms with Crippen molar-refractivity contribution in [3.63, 3.8) is 0 Å². The first-order valence-corrected chi connectivity index (χ1v) is 63.5. The third kappa shape index (κ3) is 17.0. The number of halogens is 57. The van der Waals surface area contributed by atoms with Crippen molar-refractivity contribution in [3.05, 3.63) is 0 Å². The van der Waals surface area contributed by atoms with Crippen molar-refractivity contribution in [1.82, 2.24) is 0 Å². The zero-order chi connectivity index (χ0) is 71.6. The molecule has 57 heteroatoms. The monoisotopic (exact) mass is 4850 g/mol. The van der Waals surface area contributed by atoms with E-state index in [1.165, 1.54) is 0 Å². The molecule has 1 fully saturated rings. The molecule has 1 aliphatic carbocycles. The predicted molar refractivity (Wildman–Crippen MR) is 589 cm³/mol. The molecule has 1 aliphatic rings. The Morgan fingerprint density at radius 2 is 0.140 bits per heavy atom. The summed E-state index contributed by atoms with van der Waals surface area (Å²) in [4.78, 5) is -0.819. The van der Waals surface area contributed by atoms with E-state index in [2.05, 4.69) is 908 Å². The van der Waals surface area contributed by atoms with Crippen LogP contribution in [0.5, 0.6) is 0 Å². The van der Waals surface area contributed by atoms with Crippen LogP contribution in [0.25, 0.3) is 0 Å². The summed E-state index contributed by atoms with van der Waals surface area (Å²) in [5, 5.41) is 0. The Morgan fingerprint density at radius 3 is 0.198 bits per heavy atom. The first-order valence-electron chi connectivity index (χ1n) is 18.1. The maximum Gasteiger partial charge on any atom is 0.135 e. The van der Waals surface area contributed by atoms with Crippen LogP contribution in [-0.2, 0) is 0 Å². The van der Waals surface area contributed by atoms with E-state index in [1.807, 2.05) is 0 Å². The number of rotatable bonds is 0. The van der Waals surface area contributed by atoms with Crippen LogP contribution >= 0.6 is 908 Å². The first kappa shape index (κ1) is 111. The van der Waals surface area contributed by atoms with Crippen molar-refractivity contribution in [2.45, 2.75) is 95.4 Å². The van der Waals surface area contributed by atoms with E-state index in [0.29, 0.717) is 0 Å². The van der Waals surface area contributed by atoms with Crippen molar-refractivity contribution in [1.29, 1.82) is 0 Å². The molecule has 0 unspecified atom stereocenters. The zero-order valence-corrected chi connectivity index (χ0v) is 127. The fourth-order valence-electron chi connectivity index (χ4n) is 5.70. The fourth-order valence-corrected chi connectivity index (χ4v) is 69.8. The Kier molecular flexibility index (Phi) is 45.9. The highest BCUT2D eigenvalue weighted by atomic mass is 80.0. The van der Waals surface area contributed by atoms with E-state index in [1.54, 1.807) is 0 Å². The van der Waals surface area contributed by atoms with Gasteiger partial charge in [-0.25, -0.2) is 0 Å². The molecule has 1 rings (SSSR count). The molecular weight excluding hydrogens is 4900 g/mol. The van der Waals surface area contributed by atoms with Gasteiger partial charge >= 0.3 is 0 Å². The molecule has 0 spiro atoms. The van der Waals surface area contributed by atoms with Crippen molar-refractivity contribution in [3.8, 4) is 0 Å². The molecule has 0 nitrogen and oxygen atoms in total. The Bertz CT molecular complexity index is 2330. The minimum Gasteiger partial charge on any atom is -0.0839 e. The summed E-state index contributed by atoms with van der Waals surface area (Å²) in [7, 11) is 0. The molecule has 0 bridgehead atoms. The van der Waals surface area contributed by atoms with Crippen LogP contribution in [0.15, 0.2) is 0 Å². The van der Waals surface area contributed by atoms with Gasteiger partial charge in [-0.3, -0.25) is 0 Å². The summed E-state index contributed by atoms with van der Waals surface area (Å²) < 4.78 is -41.3. The van der Waals surface area contributed by atoms with Crippen LogP contribution in [0.4, 0.5) is 0 Å². The van der Waals surface area contributed by atoms with Crippen molar-refractivity contribution in [2.75, 3.05) is 0 Å². The summed E-state index contributed by atoms with van der Waals surface area (Å²) in [6, 6.07) is 0. The minimum absolute atomic E-state index is 0.819. The first-order chi connectivity index (χ1) is 35.9. The molecule has 0 aromatic rings. The molecule has 0 amide bonds. The summed E-state index contributed by atoms with van der Waals surface area (Å²) in [5.74, 6) is 0. The molecule has 0 radical (unpaired) electrons. The van der Waals surface area contributed by atoms with E-state index in [0.717, 1.165) is 0 Å². The van der Waals surface area contributed by atoms with Gasteiger partial charge in [-0.2, -0.15) is 0 Å². The van der Waals surface area contributed by atoms with Gasteiger partial charge in [-0.05, 0) is 0 Å². The lowest BCUT2D eigenvalue weighted by Crippen LogP contribution is -2.75. The van der Waals surface area contributed by atoms with Crippen LogP contribution in [0.3, 0.4) is 0 Å². The van der Waals surface area contributed by atoms with Crippen LogP contribution in [-0.4, -0.2) is 95.4 Å². The molecule has 0 atom stereocenters. The highest BCUT2D eigenvalue weighted by Gasteiger charge is 2.88. The highest BCUT2D eigenvalue weighted by molar-refractivity contribution is 9.43. The molecule has 1 saturated carbocycles. The van der Waals surface area contributed by atoms with E-state index < -0.39 is 95.4 Å². The number of hydrogen-bond acceptors (Lipinski definition) is 0. The van der Waals surface area contributed by atoms with Gasteiger partial charge in [0, 0.05) is 0 Å². The number of hydrogen-bond donors (Lipinski definition) is 0. The zero-order valence-electron chi connectivity index (χ0n) is 36.1.